The third kappa shape index (κ3) is 6.03. The van der Waals surface area contributed by atoms with Crippen LogP contribution >= 0.6 is 0 Å². The number of unbranched alkanes of at least 4 members (excludes halogenated alkanes) is 1. The molecular formula is C18H24N2O4S. The fourth-order valence-corrected chi connectivity index (χ4v) is 2.94. The molecule has 0 atom stereocenters. The fraction of sp³-hybridized carbons (Fsp3) is 0.389. The van der Waals surface area contributed by atoms with Gasteiger partial charge < -0.3 is 9.73 Å². The van der Waals surface area contributed by atoms with Gasteiger partial charge in [0.05, 0.1) is 11.5 Å². The van der Waals surface area contributed by atoms with E-state index in [9.17, 15) is 13.2 Å². The minimum Gasteiger partial charge on any atom is -0.464 e. The number of benzene rings is 1. The standard InChI is InChI=1S/C18H24N2O4S/c1-14(2)25(22,23)19-12-4-3-7-18(21)20-16-10-8-15(9-11-16)17-6-5-13-24-17/h5-6,8-11,13-14,19H,3-4,7,12H2,1-2H3,(H,20,21). The molecule has 1 heterocycles. The molecule has 2 rings (SSSR count). The Hall–Kier alpha value is -2.12. The fourth-order valence-electron chi connectivity index (χ4n) is 2.18. The third-order valence-corrected chi connectivity index (χ3v) is 5.58. The van der Waals surface area contributed by atoms with Gasteiger partial charge in [0.2, 0.25) is 15.9 Å². The Morgan fingerprint density at radius 2 is 1.84 bits per heavy atom. The van der Waals surface area contributed by atoms with E-state index < -0.39 is 15.3 Å². The average Bonchev–Trinajstić information content (AvgIpc) is 3.09. The molecule has 2 N–H and O–H groups in total. The summed E-state index contributed by atoms with van der Waals surface area (Å²) < 4.78 is 31.0. The minimum atomic E-state index is -3.23. The molecule has 0 spiro atoms. The number of nitrogens with one attached hydrogen (secondary N) is 2. The highest BCUT2D eigenvalue weighted by Gasteiger charge is 2.14. The van der Waals surface area contributed by atoms with Gasteiger partial charge in [-0.05, 0) is 63.1 Å². The van der Waals surface area contributed by atoms with Crippen LogP contribution in [0.1, 0.15) is 33.1 Å². The molecule has 0 saturated heterocycles. The number of anilines is 1. The molecule has 6 nitrogen and oxygen atoms in total. The van der Waals surface area contributed by atoms with Gasteiger partial charge in [0.25, 0.3) is 0 Å². The van der Waals surface area contributed by atoms with E-state index in [-0.39, 0.29) is 5.91 Å². The van der Waals surface area contributed by atoms with Crippen molar-refractivity contribution in [1.29, 1.82) is 0 Å². The predicted molar refractivity (Wildman–Crippen MR) is 98.7 cm³/mol. The lowest BCUT2D eigenvalue weighted by Crippen LogP contribution is -2.31. The molecule has 25 heavy (non-hydrogen) atoms. The zero-order valence-corrected chi connectivity index (χ0v) is 15.3. The summed E-state index contributed by atoms with van der Waals surface area (Å²) in [5, 5.41) is 2.39. The average molecular weight is 364 g/mol. The second kappa shape index (κ2) is 8.82. The molecule has 0 aliphatic rings. The van der Waals surface area contributed by atoms with E-state index in [1.807, 2.05) is 36.4 Å². The largest absolute Gasteiger partial charge is 0.464 e. The van der Waals surface area contributed by atoms with E-state index in [1.165, 1.54) is 0 Å². The van der Waals surface area contributed by atoms with Crippen molar-refractivity contribution in [2.75, 3.05) is 11.9 Å². The van der Waals surface area contributed by atoms with Gasteiger partial charge in [-0.1, -0.05) is 0 Å². The lowest BCUT2D eigenvalue weighted by Gasteiger charge is -2.09. The smallest absolute Gasteiger partial charge is 0.224 e. The van der Waals surface area contributed by atoms with Gasteiger partial charge in [-0.25, -0.2) is 13.1 Å². The maximum atomic E-state index is 11.9. The van der Waals surface area contributed by atoms with E-state index in [0.29, 0.717) is 25.8 Å². The molecule has 136 valence electrons. The third-order valence-electron chi connectivity index (χ3n) is 3.73. The molecule has 0 radical (unpaired) electrons. The first-order valence-corrected chi connectivity index (χ1v) is 9.85. The van der Waals surface area contributed by atoms with Crippen LogP contribution in [0.15, 0.2) is 47.1 Å². The Labute approximate surface area is 148 Å². The second-order valence-electron chi connectivity index (χ2n) is 6.05. The maximum absolute atomic E-state index is 11.9. The highest BCUT2D eigenvalue weighted by Crippen LogP contribution is 2.21. The van der Waals surface area contributed by atoms with E-state index >= 15 is 0 Å². The Kier molecular flexibility index (Phi) is 6.78. The van der Waals surface area contributed by atoms with Crippen LogP contribution in [0, 0.1) is 0 Å². The SMILES string of the molecule is CC(C)S(=O)(=O)NCCCCC(=O)Nc1ccc(-c2ccco2)cc1. The van der Waals surface area contributed by atoms with Gasteiger partial charge in [-0.3, -0.25) is 4.79 Å². The number of carbonyl (C=O) groups is 1. The molecule has 1 aromatic carbocycles. The lowest BCUT2D eigenvalue weighted by molar-refractivity contribution is -0.116. The number of furan rings is 1. The summed E-state index contributed by atoms with van der Waals surface area (Å²) in [6, 6.07) is 11.1. The zero-order chi connectivity index (χ0) is 18.3. The van der Waals surface area contributed by atoms with Crippen LogP contribution in [0.25, 0.3) is 11.3 Å². The molecule has 0 bridgehead atoms. The van der Waals surface area contributed by atoms with Gasteiger partial charge in [-0.15, -0.1) is 0 Å². The zero-order valence-electron chi connectivity index (χ0n) is 14.5. The van der Waals surface area contributed by atoms with Crippen molar-refractivity contribution in [3.63, 3.8) is 0 Å². The summed E-state index contributed by atoms with van der Waals surface area (Å²) in [6.07, 6.45) is 3.21. The number of amides is 1. The van der Waals surface area contributed by atoms with E-state index in [4.69, 9.17) is 4.42 Å². The Balaban J connectivity index is 1.70. The van der Waals surface area contributed by atoms with Crippen LogP contribution < -0.4 is 10.0 Å². The van der Waals surface area contributed by atoms with Crippen molar-refractivity contribution in [2.24, 2.45) is 0 Å². The second-order valence-corrected chi connectivity index (χ2v) is 8.37. The first kappa shape index (κ1) is 19.2. The van der Waals surface area contributed by atoms with Gasteiger partial charge >= 0.3 is 0 Å². The summed E-state index contributed by atoms with van der Waals surface area (Å²) >= 11 is 0. The van der Waals surface area contributed by atoms with Crippen LogP contribution in [-0.2, 0) is 14.8 Å². The van der Waals surface area contributed by atoms with Crippen molar-refractivity contribution in [1.82, 2.24) is 4.72 Å². The summed E-state index contributed by atoms with van der Waals surface area (Å²) in [5.74, 6) is 0.694. The van der Waals surface area contributed by atoms with Gasteiger partial charge in [-0.2, -0.15) is 0 Å². The van der Waals surface area contributed by atoms with Crippen molar-refractivity contribution >= 4 is 21.6 Å². The Bertz CT molecular complexity index is 766. The molecule has 1 aromatic heterocycles. The number of sulfonamides is 1. The summed E-state index contributed by atoms with van der Waals surface area (Å²) in [4.78, 5) is 11.9. The van der Waals surface area contributed by atoms with Crippen LogP contribution in [0.5, 0.6) is 0 Å². The predicted octanol–water partition coefficient (Wildman–Crippen LogP) is 3.38. The number of hydrogen-bond acceptors (Lipinski definition) is 4. The van der Waals surface area contributed by atoms with E-state index in [1.54, 1.807) is 20.1 Å². The molecule has 0 saturated carbocycles. The van der Waals surface area contributed by atoms with Crippen LogP contribution in [0.4, 0.5) is 5.69 Å². The number of hydrogen-bond donors (Lipinski definition) is 2. The lowest BCUT2D eigenvalue weighted by atomic mass is 10.1. The van der Waals surface area contributed by atoms with Gasteiger partial charge in [0, 0.05) is 24.2 Å². The monoisotopic (exact) mass is 364 g/mol. The highest BCUT2D eigenvalue weighted by molar-refractivity contribution is 7.90. The first-order chi connectivity index (χ1) is 11.9. The molecule has 1 amide bonds. The summed E-state index contributed by atoms with van der Waals surface area (Å²) in [5.41, 5.74) is 1.67. The van der Waals surface area contributed by atoms with E-state index in [2.05, 4.69) is 10.0 Å². The Morgan fingerprint density at radius 3 is 2.44 bits per heavy atom. The van der Waals surface area contributed by atoms with E-state index in [0.717, 1.165) is 17.0 Å². The first-order valence-electron chi connectivity index (χ1n) is 8.31. The van der Waals surface area contributed by atoms with Crippen molar-refractivity contribution in [3.05, 3.63) is 42.7 Å². The topological polar surface area (TPSA) is 88.4 Å². The van der Waals surface area contributed by atoms with Crippen LogP contribution in [0.3, 0.4) is 0 Å². The molecular weight excluding hydrogens is 340 g/mol. The molecule has 7 heteroatoms. The molecule has 0 aliphatic carbocycles. The highest BCUT2D eigenvalue weighted by atomic mass is 32.2. The normalized spacial score (nSPS) is 11.6. The van der Waals surface area contributed by atoms with Crippen molar-refractivity contribution in [3.8, 4) is 11.3 Å². The summed E-state index contributed by atoms with van der Waals surface area (Å²) in [6.45, 7) is 3.62. The maximum Gasteiger partial charge on any atom is 0.224 e. The van der Waals surface area contributed by atoms with Gasteiger partial charge in [0.15, 0.2) is 0 Å². The quantitative estimate of drug-likeness (QED) is 0.668. The minimum absolute atomic E-state index is 0.0857. The van der Waals surface area contributed by atoms with Crippen molar-refractivity contribution in [2.45, 2.75) is 38.4 Å². The van der Waals surface area contributed by atoms with Crippen LogP contribution in [-0.4, -0.2) is 26.1 Å². The van der Waals surface area contributed by atoms with Crippen LogP contribution in [0.2, 0.25) is 0 Å². The number of carbonyl (C=O) groups excluding carboxylic acids is 1. The molecule has 0 aliphatic heterocycles. The molecule has 0 unspecified atom stereocenters. The Morgan fingerprint density at radius 1 is 1.12 bits per heavy atom. The summed E-state index contributed by atoms with van der Waals surface area (Å²) in [7, 11) is -3.23. The number of rotatable bonds is 9. The molecule has 2 aromatic rings. The van der Waals surface area contributed by atoms with Gasteiger partial charge in [0.1, 0.15) is 5.76 Å². The van der Waals surface area contributed by atoms with Crippen molar-refractivity contribution < 1.29 is 17.6 Å². The molecule has 0 fully saturated rings.